The molecule has 91 heavy (non-hydrogen) atoms. The van der Waals surface area contributed by atoms with Crippen molar-refractivity contribution in [1.29, 1.82) is 0 Å². The number of nitrogens with zero attached hydrogens (tertiary/aromatic N) is 2. The average molecular weight is 1270 g/mol. The van der Waals surface area contributed by atoms with Gasteiger partial charge in [0.15, 0.2) is 18.9 Å². The van der Waals surface area contributed by atoms with E-state index < -0.39 is 133 Å². The van der Waals surface area contributed by atoms with Crippen LogP contribution in [-0.2, 0) is 63.4 Å². The third kappa shape index (κ3) is 17.8. The molecular formula is C68H92N2O21. The van der Waals surface area contributed by atoms with Crippen LogP contribution in [-0.4, -0.2) is 215 Å². The van der Waals surface area contributed by atoms with E-state index in [0.29, 0.717) is 51.9 Å². The molecule has 0 saturated carbocycles. The number of methoxy groups -OCH3 is 1. The summed E-state index contributed by atoms with van der Waals surface area (Å²) in [5.41, 5.74) is -1.37. The molecule has 19 atom stereocenters. The first kappa shape index (κ1) is 72.0. The highest BCUT2D eigenvalue weighted by molar-refractivity contribution is 6.02. The molecule has 500 valence electrons. The SMILES string of the molecule is CO[C@@H]1[C@@H](O[C@@H]2O[C@H](C)[C@@H](O[C@H]3C[C@@](C)(O)[C@@H](O)[C@H](C)O3)[C@H](N(C)C)[C@H]2O)[C@@H](CC=O)C[C@@H](C)[C@@H](O[C@H]2CC[C@H](N(C)C)[C@H](C)O2)/C=C/C=C/C[C@@H](C)OC(=O)C[C@H]1OC(C)=O.O=C(O)c1cc2ccccc2c(Cc2c(O)c(C(=O)O)cc3ccccc23)c1O. The van der Waals surface area contributed by atoms with Crippen LogP contribution in [0.3, 0.4) is 0 Å². The molecule has 4 aromatic carbocycles. The number of carboxylic acid groups (broad SMARTS) is 2. The third-order valence-corrected chi connectivity index (χ3v) is 17.7. The smallest absolute Gasteiger partial charge is 0.339 e. The van der Waals surface area contributed by atoms with Gasteiger partial charge in [-0.05, 0) is 128 Å². The van der Waals surface area contributed by atoms with Crippen LogP contribution in [0.15, 0.2) is 85.0 Å². The van der Waals surface area contributed by atoms with Gasteiger partial charge in [-0.3, -0.25) is 9.59 Å². The lowest BCUT2D eigenvalue weighted by atomic mass is 9.82. The Balaban J connectivity index is 0.000000334. The van der Waals surface area contributed by atoms with Crippen molar-refractivity contribution >= 4 is 51.7 Å². The van der Waals surface area contributed by atoms with Crippen LogP contribution in [0.4, 0.5) is 0 Å². The van der Waals surface area contributed by atoms with Gasteiger partial charge in [-0.2, -0.15) is 0 Å². The fourth-order valence-corrected chi connectivity index (χ4v) is 13.1. The van der Waals surface area contributed by atoms with Crippen molar-refractivity contribution in [3.63, 3.8) is 0 Å². The van der Waals surface area contributed by atoms with Gasteiger partial charge < -0.3 is 93.0 Å². The van der Waals surface area contributed by atoms with Crippen LogP contribution in [0.2, 0.25) is 0 Å². The van der Waals surface area contributed by atoms with Gasteiger partial charge in [0.2, 0.25) is 0 Å². The summed E-state index contributed by atoms with van der Waals surface area (Å²) in [5, 5.41) is 76.4. The summed E-state index contributed by atoms with van der Waals surface area (Å²) < 4.78 is 56.3. The van der Waals surface area contributed by atoms with Gasteiger partial charge in [0.1, 0.15) is 65.5 Å². The molecule has 0 amide bonds. The van der Waals surface area contributed by atoms with Gasteiger partial charge in [0.05, 0.1) is 48.6 Å². The zero-order valence-corrected chi connectivity index (χ0v) is 53.9. The largest absolute Gasteiger partial charge is 0.507 e. The normalized spacial score (nSPS) is 33.5. The van der Waals surface area contributed by atoms with Crippen LogP contribution in [0.25, 0.3) is 21.5 Å². The Morgan fingerprint density at radius 2 is 1.34 bits per heavy atom. The molecule has 0 spiro atoms. The number of benzene rings is 4. The van der Waals surface area contributed by atoms with Crippen molar-refractivity contribution in [2.75, 3.05) is 35.3 Å². The number of aliphatic hydroxyl groups is 3. The van der Waals surface area contributed by atoms with Gasteiger partial charge >= 0.3 is 23.9 Å². The minimum absolute atomic E-state index is 0.0293. The van der Waals surface area contributed by atoms with E-state index in [9.17, 15) is 59.7 Å². The Bertz CT molecular complexity index is 3100. The van der Waals surface area contributed by atoms with Gasteiger partial charge in [-0.1, -0.05) is 79.8 Å². The minimum Gasteiger partial charge on any atom is -0.507 e. The molecule has 0 unspecified atom stereocenters. The molecule has 7 N–H and O–H groups in total. The number of allylic oxidation sites excluding steroid dienone is 2. The molecule has 0 bridgehead atoms. The second kappa shape index (κ2) is 31.9. The molecule has 4 aliphatic rings. The molecule has 3 saturated heterocycles. The first-order valence-electron chi connectivity index (χ1n) is 31.0. The summed E-state index contributed by atoms with van der Waals surface area (Å²) in [5.74, 6) is -5.57. The lowest BCUT2D eigenvalue weighted by molar-refractivity contribution is -0.344. The molecule has 3 fully saturated rings. The van der Waals surface area contributed by atoms with Gasteiger partial charge in [-0.25, -0.2) is 9.59 Å². The van der Waals surface area contributed by atoms with E-state index in [1.165, 1.54) is 33.1 Å². The average Bonchev–Trinajstić information content (AvgIpc) is 0.862. The van der Waals surface area contributed by atoms with Crippen molar-refractivity contribution < 1.29 is 102 Å². The maximum Gasteiger partial charge on any atom is 0.339 e. The van der Waals surface area contributed by atoms with E-state index in [1.807, 2.05) is 52.2 Å². The summed E-state index contributed by atoms with van der Waals surface area (Å²) in [7, 11) is 9.02. The molecule has 4 aromatic rings. The van der Waals surface area contributed by atoms with Crippen LogP contribution in [0, 0.1) is 11.8 Å². The highest BCUT2D eigenvalue weighted by Gasteiger charge is 2.52. The Hall–Kier alpha value is -6.45. The number of aliphatic hydroxyl groups excluding tert-OH is 2. The number of aldehydes is 1. The number of carbonyl (C=O) groups excluding carboxylic acids is 3. The molecule has 4 aliphatic heterocycles. The molecular weight excluding hydrogens is 1180 g/mol. The molecule has 8 rings (SSSR count). The number of hydrogen-bond donors (Lipinski definition) is 7. The van der Waals surface area contributed by atoms with Crippen molar-refractivity contribution in [3.05, 3.63) is 107 Å². The molecule has 23 heteroatoms. The number of hydrogen-bond acceptors (Lipinski definition) is 21. The molecule has 23 nitrogen and oxygen atoms in total. The lowest BCUT2D eigenvalue weighted by Gasteiger charge is -2.50. The molecule has 4 heterocycles. The standard InChI is InChI=1S/C45H76N2O15.C23H16O6/c1-25-22-31(20-21-48)41(62-44-39(51)38(47(10)11)40(28(4)58-44)61-37-24-45(7,53)43(52)29(5)57-37)42(54-12)34(59-30(6)49)23-35(50)55-26(2)16-14-13-15-17-33(25)60-36-19-18-32(46(8)9)27(3)56-36;24-20-16(14-7-3-1-5-12(14)9-18(20)22(26)27)11-17-15-8-4-2-6-13(15)10-19(21(17)25)23(28)29/h13-15,17,21,25-29,31-34,36-44,51-53H,16,18-20,22-24H2,1-12H3;1-10,24-25H,11H2,(H,26,27)(H,28,29)/b14-13+,17-15+;/t25-,26-,27+,28-,29+,31+,32+,33+,34-,36+,37+,38-,39-,40-,41+,42+,43+,44+,45-;/m1./s1. The Kier molecular flexibility index (Phi) is 25.3. The summed E-state index contributed by atoms with van der Waals surface area (Å²) in [6.07, 6.45) is -1.85. The molecule has 0 radical (unpaired) electrons. The van der Waals surface area contributed by atoms with Gasteiger partial charge in [-0.15, -0.1) is 0 Å². The second-order valence-corrected chi connectivity index (χ2v) is 25.1. The zero-order chi connectivity index (χ0) is 66.8. The van der Waals surface area contributed by atoms with E-state index >= 15 is 0 Å². The van der Waals surface area contributed by atoms with E-state index in [1.54, 1.807) is 88.3 Å². The highest BCUT2D eigenvalue weighted by Crippen LogP contribution is 2.41. The van der Waals surface area contributed by atoms with Crippen molar-refractivity contribution in [2.45, 2.75) is 204 Å². The Morgan fingerprint density at radius 1 is 0.747 bits per heavy atom. The number of cyclic esters (lactones) is 1. The van der Waals surface area contributed by atoms with E-state index in [2.05, 4.69) is 4.90 Å². The third-order valence-electron chi connectivity index (χ3n) is 17.7. The van der Waals surface area contributed by atoms with Gasteiger partial charge in [0.25, 0.3) is 0 Å². The fourth-order valence-electron chi connectivity index (χ4n) is 13.1. The summed E-state index contributed by atoms with van der Waals surface area (Å²) in [4.78, 5) is 65.9. The Labute approximate surface area is 531 Å². The summed E-state index contributed by atoms with van der Waals surface area (Å²) in [6.45, 7) is 12.0. The number of rotatable bonds is 16. The van der Waals surface area contributed by atoms with E-state index in [0.717, 1.165) is 12.7 Å². The van der Waals surface area contributed by atoms with E-state index in [-0.39, 0.29) is 54.9 Å². The molecule has 0 aliphatic carbocycles. The number of likely N-dealkylation sites (N-methyl/N-ethyl adjacent to an activating group) is 2. The van der Waals surface area contributed by atoms with E-state index in [4.69, 9.17) is 42.6 Å². The first-order valence-corrected chi connectivity index (χ1v) is 31.0. The summed E-state index contributed by atoms with van der Waals surface area (Å²) in [6, 6.07) is 16.3. The van der Waals surface area contributed by atoms with Crippen LogP contribution in [0.1, 0.15) is 125 Å². The second-order valence-electron chi connectivity index (χ2n) is 25.1. The number of aromatic hydroxyl groups is 2. The predicted octanol–water partition coefficient (Wildman–Crippen LogP) is 7.29. The van der Waals surface area contributed by atoms with Crippen molar-refractivity contribution in [3.8, 4) is 11.5 Å². The lowest BCUT2D eigenvalue weighted by Crippen LogP contribution is -2.65. The first-order chi connectivity index (χ1) is 43.0. The predicted molar refractivity (Wildman–Crippen MR) is 334 cm³/mol. The maximum absolute atomic E-state index is 13.4. The Morgan fingerprint density at radius 3 is 1.87 bits per heavy atom. The van der Waals surface area contributed by atoms with Gasteiger partial charge in [0, 0.05) is 56.9 Å². The van der Waals surface area contributed by atoms with Crippen LogP contribution in [0.5, 0.6) is 11.5 Å². The van der Waals surface area contributed by atoms with Crippen LogP contribution < -0.4 is 0 Å². The number of ether oxygens (including phenoxy) is 9. The van der Waals surface area contributed by atoms with Crippen molar-refractivity contribution in [1.82, 2.24) is 9.80 Å². The quantitative estimate of drug-likeness (QED) is 0.0428. The maximum atomic E-state index is 13.4. The number of aromatic carboxylic acids is 2. The van der Waals surface area contributed by atoms with Crippen molar-refractivity contribution in [2.24, 2.45) is 11.8 Å². The number of fused-ring (bicyclic) bond motifs is 2. The highest BCUT2D eigenvalue weighted by atomic mass is 16.7. The number of carbonyl (C=O) groups is 5. The molecule has 0 aromatic heterocycles. The number of carboxylic acids is 2. The fraction of sp³-hybridized carbons (Fsp3) is 0.574. The monoisotopic (exact) mass is 1270 g/mol. The topological polar surface area (TPSA) is 317 Å². The zero-order valence-electron chi connectivity index (χ0n) is 53.9. The number of esters is 2. The summed E-state index contributed by atoms with van der Waals surface area (Å²) >= 11 is 0. The minimum atomic E-state index is -1.49. The number of phenols is 2. The van der Waals surface area contributed by atoms with Crippen LogP contribution >= 0.6 is 0 Å².